The van der Waals surface area contributed by atoms with Crippen LogP contribution in [-0.4, -0.2) is 72.5 Å². The first-order valence-electron chi connectivity index (χ1n) is 11.8. The summed E-state index contributed by atoms with van der Waals surface area (Å²) in [5.74, 6) is 0.891. The molecule has 0 aromatic carbocycles. The summed E-state index contributed by atoms with van der Waals surface area (Å²) < 4.78 is 9.15. The van der Waals surface area contributed by atoms with Crippen molar-refractivity contribution in [3.63, 3.8) is 0 Å². The Morgan fingerprint density at radius 3 is 2.86 bits per heavy atom. The molecule has 1 saturated heterocycles. The fraction of sp³-hybridized carbons (Fsp3) is 0.500. The third-order valence-corrected chi connectivity index (χ3v) is 6.86. The maximum Gasteiger partial charge on any atom is 0.287 e. The van der Waals surface area contributed by atoms with E-state index < -0.39 is 11.7 Å². The molecule has 2 atom stereocenters. The molecule has 1 aliphatic rings. The van der Waals surface area contributed by atoms with E-state index in [-0.39, 0.29) is 24.3 Å². The summed E-state index contributed by atoms with van der Waals surface area (Å²) in [7, 11) is 0. The van der Waals surface area contributed by atoms with E-state index in [0.717, 1.165) is 33.6 Å². The van der Waals surface area contributed by atoms with Gasteiger partial charge < -0.3 is 19.8 Å². The van der Waals surface area contributed by atoms with Crippen molar-refractivity contribution in [1.82, 2.24) is 24.5 Å². The topological polar surface area (TPSA) is 119 Å². The first-order valence-corrected chi connectivity index (χ1v) is 12.8. The normalized spacial score (nSPS) is 16.5. The van der Waals surface area contributed by atoms with Gasteiger partial charge in [-0.1, -0.05) is 11.6 Å². The van der Waals surface area contributed by atoms with Crippen molar-refractivity contribution in [2.45, 2.75) is 52.0 Å². The highest BCUT2D eigenvalue weighted by molar-refractivity contribution is 6.33. The Kier molecular flexibility index (Phi) is 8.50. The van der Waals surface area contributed by atoms with Gasteiger partial charge in [0.15, 0.2) is 0 Å². The lowest BCUT2D eigenvalue weighted by molar-refractivity contribution is 0.145. The molecule has 12 heteroatoms. The van der Waals surface area contributed by atoms with E-state index in [0.29, 0.717) is 43.5 Å². The van der Waals surface area contributed by atoms with Crippen molar-refractivity contribution in [2.75, 3.05) is 30.5 Å². The number of aliphatic hydroxyl groups is 2. The molecule has 3 aromatic heterocycles. The number of rotatable bonds is 10. The summed E-state index contributed by atoms with van der Waals surface area (Å²) in [5.41, 5.74) is 3.84. The first-order chi connectivity index (χ1) is 17.3. The molecule has 3 aromatic rings. The molecule has 2 N–H and O–H groups in total. The number of aromatic nitrogens is 5. The number of halogens is 2. The van der Waals surface area contributed by atoms with Crippen molar-refractivity contribution in [3.8, 4) is 17.0 Å². The van der Waals surface area contributed by atoms with Crippen molar-refractivity contribution >= 4 is 28.9 Å². The monoisotopic (exact) mass is 536 g/mol. The lowest BCUT2D eigenvalue weighted by Crippen LogP contribution is -2.30. The molecule has 4 heterocycles. The van der Waals surface area contributed by atoms with Gasteiger partial charge in [-0.15, -0.1) is 11.6 Å². The van der Waals surface area contributed by atoms with E-state index in [1.165, 1.54) is 0 Å². The fourth-order valence-electron chi connectivity index (χ4n) is 4.48. The number of alkyl halides is 1. The second-order valence-corrected chi connectivity index (χ2v) is 9.57. The Morgan fingerprint density at radius 1 is 1.31 bits per heavy atom. The summed E-state index contributed by atoms with van der Waals surface area (Å²) in [6, 6.07) is 3.81. The van der Waals surface area contributed by atoms with Gasteiger partial charge >= 0.3 is 0 Å². The molecule has 0 amide bonds. The molecular formula is C24H30Cl2N6O4. The number of aliphatic hydroxyl groups excluding tert-OH is 2. The number of hydrogen-bond donors (Lipinski definition) is 2. The average Bonchev–Trinajstić information content (AvgIpc) is 3.41. The molecule has 194 valence electrons. The van der Waals surface area contributed by atoms with Gasteiger partial charge in [0.2, 0.25) is 5.88 Å². The lowest BCUT2D eigenvalue weighted by Gasteiger charge is -2.20. The summed E-state index contributed by atoms with van der Waals surface area (Å²) >= 11 is 12.1. The number of pyridine rings is 1. The molecule has 0 aliphatic carbocycles. The van der Waals surface area contributed by atoms with Crippen molar-refractivity contribution in [2.24, 2.45) is 0 Å². The number of ether oxygens (including phenoxy) is 1. The van der Waals surface area contributed by atoms with E-state index in [2.05, 4.69) is 15.2 Å². The Bertz CT molecular complexity index is 1260. The van der Waals surface area contributed by atoms with Gasteiger partial charge in [0.05, 0.1) is 49.9 Å². The van der Waals surface area contributed by atoms with E-state index in [1.54, 1.807) is 12.4 Å². The van der Waals surface area contributed by atoms with E-state index in [9.17, 15) is 9.90 Å². The van der Waals surface area contributed by atoms with Gasteiger partial charge in [-0.05, 0) is 31.9 Å². The van der Waals surface area contributed by atoms with Crippen molar-refractivity contribution in [3.05, 3.63) is 51.3 Å². The first kappa shape index (κ1) is 26.4. The summed E-state index contributed by atoms with van der Waals surface area (Å²) in [6.07, 6.45) is 3.80. The Hall–Kier alpha value is -2.66. The highest BCUT2D eigenvalue weighted by atomic mass is 35.5. The molecule has 0 saturated carbocycles. The van der Waals surface area contributed by atoms with Crippen LogP contribution < -0.4 is 15.2 Å². The molecule has 10 nitrogen and oxygen atoms in total. The zero-order valence-electron chi connectivity index (χ0n) is 20.3. The highest BCUT2D eigenvalue weighted by Crippen LogP contribution is 2.31. The zero-order chi connectivity index (χ0) is 25.8. The molecule has 36 heavy (non-hydrogen) atoms. The third kappa shape index (κ3) is 5.67. The van der Waals surface area contributed by atoms with Crippen LogP contribution in [-0.2, 0) is 13.1 Å². The van der Waals surface area contributed by atoms with Crippen molar-refractivity contribution in [1.29, 1.82) is 0 Å². The molecule has 1 aliphatic heterocycles. The molecular weight excluding hydrogens is 507 g/mol. The van der Waals surface area contributed by atoms with E-state index >= 15 is 0 Å². The maximum absolute atomic E-state index is 12.4. The summed E-state index contributed by atoms with van der Waals surface area (Å²) in [6.45, 7) is 5.39. The summed E-state index contributed by atoms with van der Waals surface area (Å²) in [4.78, 5) is 18.8. The zero-order valence-corrected chi connectivity index (χ0v) is 21.8. The second-order valence-electron chi connectivity index (χ2n) is 8.81. The Morgan fingerprint density at radius 2 is 2.11 bits per heavy atom. The average molecular weight is 537 g/mol. The smallest absolute Gasteiger partial charge is 0.287 e. The standard InChI is InChI=1S/C24H30Cl2N6O4/c1-15-22(16(2)32(29-15)13-18(34)3-6-25)17-4-7-27-21(11-17)36-19-5-8-30(14-19)20-12-28-31(9-10-33)24(35)23(20)26/h4,7,11-12,18-19,33-34H,3,5-6,8-10,13-14H2,1-2H3/t18?,19-/m1/s1. The minimum atomic E-state index is -0.555. The minimum Gasteiger partial charge on any atom is -0.472 e. The number of hydrogen-bond acceptors (Lipinski definition) is 8. The minimum absolute atomic E-state index is 0.0818. The Balaban J connectivity index is 1.47. The van der Waals surface area contributed by atoms with Crippen molar-refractivity contribution < 1.29 is 14.9 Å². The van der Waals surface area contributed by atoms with Crippen LogP contribution in [0.1, 0.15) is 24.2 Å². The van der Waals surface area contributed by atoms with Gasteiger partial charge in [0.25, 0.3) is 5.56 Å². The third-order valence-electron chi connectivity index (χ3n) is 6.28. The molecule has 0 radical (unpaired) electrons. The van der Waals surface area contributed by atoms with Gasteiger partial charge in [-0.25, -0.2) is 9.67 Å². The van der Waals surface area contributed by atoms with Crippen LogP contribution in [0, 0.1) is 13.8 Å². The van der Waals surface area contributed by atoms with Gasteiger partial charge in [-0.2, -0.15) is 10.2 Å². The molecule has 0 bridgehead atoms. The number of nitrogens with zero attached hydrogens (tertiary/aromatic N) is 6. The number of aryl methyl sites for hydroxylation is 1. The van der Waals surface area contributed by atoms with Crippen LogP contribution >= 0.6 is 23.2 Å². The van der Waals surface area contributed by atoms with Crippen LogP contribution in [0.4, 0.5) is 5.69 Å². The predicted molar refractivity (Wildman–Crippen MR) is 138 cm³/mol. The fourth-order valence-corrected chi connectivity index (χ4v) is 5.00. The SMILES string of the molecule is Cc1nn(CC(O)CCCl)c(C)c1-c1ccnc(O[C@@H]2CCN(c3cnn(CCO)c(=O)c3Cl)C2)c1. The highest BCUT2D eigenvalue weighted by Gasteiger charge is 2.27. The quantitative estimate of drug-likeness (QED) is 0.379. The van der Waals surface area contributed by atoms with Crippen LogP contribution in [0.3, 0.4) is 0 Å². The molecule has 1 unspecified atom stereocenters. The predicted octanol–water partition coefficient (Wildman–Crippen LogP) is 2.41. The lowest BCUT2D eigenvalue weighted by atomic mass is 10.1. The largest absolute Gasteiger partial charge is 0.472 e. The van der Waals surface area contributed by atoms with Crippen LogP contribution in [0.2, 0.25) is 5.02 Å². The Labute approximate surface area is 219 Å². The molecule has 4 rings (SSSR count). The second kappa shape index (κ2) is 11.6. The van der Waals surface area contributed by atoms with Gasteiger partial charge in [-0.3, -0.25) is 9.48 Å². The van der Waals surface area contributed by atoms with Crippen LogP contribution in [0.25, 0.3) is 11.1 Å². The van der Waals surface area contributed by atoms with Crippen LogP contribution in [0.15, 0.2) is 29.3 Å². The van der Waals surface area contributed by atoms with E-state index in [4.69, 9.17) is 33.0 Å². The van der Waals surface area contributed by atoms with Gasteiger partial charge in [0, 0.05) is 42.4 Å². The number of anilines is 1. The molecule has 0 spiro atoms. The van der Waals surface area contributed by atoms with Gasteiger partial charge in [0.1, 0.15) is 11.1 Å². The molecule has 1 fully saturated rings. The maximum atomic E-state index is 12.4. The summed E-state index contributed by atoms with van der Waals surface area (Å²) in [5, 5.41) is 28.0. The van der Waals surface area contributed by atoms with E-state index in [1.807, 2.05) is 35.6 Å². The van der Waals surface area contributed by atoms with Crippen LogP contribution in [0.5, 0.6) is 5.88 Å².